The predicted octanol–water partition coefficient (Wildman–Crippen LogP) is 23.2. The van der Waals surface area contributed by atoms with Crippen LogP contribution in [0, 0.1) is 0 Å². The zero-order valence-corrected chi connectivity index (χ0v) is 52.1. The summed E-state index contributed by atoms with van der Waals surface area (Å²) in [4.78, 5) is 38.4. The van der Waals surface area contributed by atoms with Gasteiger partial charge in [-0.2, -0.15) is 0 Å². The second-order valence-electron chi connectivity index (χ2n) is 22.3. The van der Waals surface area contributed by atoms with Gasteiger partial charge in [-0.15, -0.1) is 0 Å². The molecule has 1 unspecified atom stereocenters. The van der Waals surface area contributed by atoms with Crippen LogP contribution in [0.3, 0.4) is 0 Å². The van der Waals surface area contributed by atoms with Crippen LogP contribution in [0.15, 0.2) is 97.2 Å². The fourth-order valence-corrected chi connectivity index (χ4v) is 9.60. The molecule has 0 N–H and O–H groups in total. The number of carbonyl (C=O) groups is 3. The van der Waals surface area contributed by atoms with E-state index >= 15 is 0 Å². The van der Waals surface area contributed by atoms with Gasteiger partial charge in [-0.1, -0.05) is 311 Å². The van der Waals surface area contributed by atoms with Crippen LogP contribution in [0.25, 0.3) is 0 Å². The Morgan fingerprint density at radius 2 is 0.494 bits per heavy atom. The molecule has 0 rings (SSSR count). The van der Waals surface area contributed by atoms with E-state index in [9.17, 15) is 14.4 Å². The predicted molar refractivity (Wildman–Crippen MR) is 344 cm³/mol. The van der Waals surface area contributed by atoms with Crippen molar-refractivity contribution < 1.29 is 28.6 Å². The number of allylic oxidation sites excluding steroid dienone is 16. The molecule has 0 aliphatic carbocycles. The van der Waals surface area contributed by atoms with E-state index < -0.39 is 6.10 Å². The Hall–Kier alpha value is -3.67. The van der Waals surface area contributed by atoms with Gasteiger partial charge in [-0.3, -0.25) is 14.4 Å². The van der Waals surface area contributed by atoms with Crippen molar-refractivity contribution in [2.45, 2.75) is 335 Å². The third-order valence-corrected chi connectivity index (χ3v) is 14.6. The van der Waals surface area contributed by atoms with E-state index in [1.54, 1.807) is 0 Å². The molecule has 0 aliphatic rings. The van der Waals surface area contributed by atoms with Crippen molar-refractivity contribution in [2.24, 2.45) is 0 Å². The quantitative estimate of drug-likeness (QED) is 0.0261. The molecular formula is C73H126O6. The number of hydrogen-bond acceptors (Lipinski definition) is 6. The Morgan fingerprint density at radius 1 is 0.266 bits per heavy atom. The van der Waals surface area contributed by atoms with Gasteiger partial charge in [0.25, 0.3) is 0 Å². The maximum atomic E-state index is 12.9. The molecule has 0 saturated carbocycles. The van der Waals surface area contributed by atoms with Crippen molar-refractivity contribution >= 4 is 17.9 Å². The van der Waals surface area contributed by atoms with E-state index in [0.29, 0.717) is 19.3 Å². The summed E-state index contributed by atoms with van der Waals surface area (Å²) in [5, 5.41) is 0. The topological polar surface area (TPSA) is 78.9 Å². The molecule has 0 heterocycles. The lowest BCUT2D eigenvalue weighted by Crippen LogP contribution is -2.30. The molecular weight excluding hydrogens is 973 g/mol. The van der Waals surface area contributed by atoms with Crippen LogP contribution in [0.1, 0.15) is 329 Å². The van der Waals surface area contributed by atoms with E-state index in [-0.39, 0.29) is 31.1 Å². The van der Waals surface area contributed by atoms with Crippen LogP contribution in [0.4, 0.5) is 0 Å². The van der Waals surface area contributed by atoms with Crippen molar-refractivity contribution in [3.05, 3.63) is 97.2 Å². The van der Waals surface area contributed by atoms with Gasteiger partial charge in [-0.25, -0.2) is 0 Å². The number of rotatable bonds is 61. The lowest BCUT2D eigenvalue weighted by molar-refractivity contribution is -0.167. The number of carbonyl (C=O) groups excluding carboxylic acids is 3. The molecule has 0 amide bonds. The van der Waals surface area contributed by atoms with Crippen molar-refractivity contribution in [3.63, 3.8) is 0 Å². The highest BCUT2D eigenvalue weighted by Gasteiger charge is 2.19. The standard InChI is InChI=1S/C73H126O6/c1-4-7-10-13-16-19-22-25-28-30-32-33-34-35-36-37-38-39-41-42-45-48-51-54-57-60-63-66-72(75)78-69-70(68-77-71(74)65-62-59-56-53-50-47-44-27-24-21-18-15-12-9-6-3)79-73(76)67-64-61-58-55-52-49-46-43-40-31-29-26-23-20-17-14-11-8-5-2/h7-8,10-11,16-17,19-20,25-26,28-29,32-33,40,43,70H,4-6,9,12-15,18,21-24,27,30-31,34-39,41-42,44-69H2,1-3H3/b10-7-,11-8-,19-16-,20-17-,28-25-,29-26-,33-32-,43-40-. The van der Waals surface area contributed by atoms with Crippen LogP contribution < -0.4 is 0 Å². The summed E-state index contributed by atoms with van der Waals surface area (Å²) in [5.74, 6) is -0.879. The molecule has 6 heteroatoms. The molecule has 454 valence electrons. The second kappa shape index (κ2) is 66.8. The fraction of sp³-hybridized carbons (Fsp3) is 0.740. The Labute approximate surface area is 489 Å². The SMILES string of the molecule is CC/C=C\C/C=C\C/C=C\C/C=C\CCCCCCCCCCCCCCCCC(=O)OCC(COC(=O)CCCCCCCCCCCCCCCCC)OC(=O)CCCCCCCC/C=C\C/C=C\C/C=C\C/C=C\CC. The van der Waals surface area contributed by atoms with Gasteiger partial charge in [0.15, 0.2) is 6.10 Å². The molecule has 0 spiro atoms. The molecule has 1 atom stereocenters. The zero-order valence-electron chi connectivity index (χ0n) is 52.1. The van der Waals surface area contributed by atoms with Crippen LogP contribution >= 0.6 is 0 Å². The van der Waals surface area contributed by atoms with E-state index in [1.165, 1.54) is 167 Å². The number of ether oxygens (including phenoxy) is 3. The van der Waals surface area contributed by atoms with E-state index in [4.69, 9.17) is 14.2 Å². The van der Waals surface area contributed by atoms with E-state index in [2.05, 4.69) is 118 Å². The maximum Gasteiger partial charge on any atom is 0.306 e. The highest BCUT2D eigenvalue weighted by atomic mass is 16.6. The van der Waals surface area contributed by atoms with Crippen LogP contribution in [-0.2, 0) is 28.6 Å². The number of unbranched alkanes of at least 4 members (excludes halogenated alkanes) is 34. The minimum absolute atomic E-state index is 0.0797. The van der Waals surface area contributed by atoms with Gasteiger partial charge in [0.05, 0.1) is 0 Å². The summed E-state index contributed by atoms with van der Waals surface area (Å²) in [6, 6.07) is 0. The highest BCUT2D eigenvalue weighted by molar-refractivity contribution is 5.71. The molecule has 0 aliphatic heterocycles. The Balaban J connectivity index is 4.31. The largest absolute Gasteiger partial charge is 0.462 e. The van der Waals surface area contributed by atoms with Gasteiger partial charge in [-0.05, 0) is 96.3 Å². The highest BCUT2D eigenvalue weighted by Crippen LogP contribution is 2.17. The van der Waals surface area contributed by atoms with Gasteiger partial charge < -0.3 is 14.2 Å². The molecule has 0 bridgehead atoms. The lowest BCUT2D eigenvalue weighted by Gasteiger charge is -2.18. The van der Waals surface area contributed by atoms with Crippen molar-refractivity contribution in [1.29, 1.82) is 0 Å². The molecule has 0 fully saturated rings. The summed E-state index contributed by atoms with van der Waals surface area (Å²) in [5.41, 5.74) is 0. The molecule has 0 aromatic heterocycles. The number of hydrogen-bond donors (Lipinski definition) is 0. The molecule has 0 aromatic rings. The summed E-state index contributed by atoms with van der Waals surface area (Å²) < 4.78 is 17.0. The lowest BCUT2D eigenvalue weighted by atomic mass is 10.0. The fourth-order valence-electron chi connectivity index (χ4n) is 9.60. The molecule has 0 aromatic carbocycles. The summed E-state index contributed by atoms with van der Waals surface area (Å²) in [7, 11) is 0. The van der Waals surface area contributed by atoms with Gasteiger partial charge >= 0.3 is 17.9 Å². The van der Waals surface area contributed by atoms with Crippen molar-refractivity contribution in [3.8, 4) is 0 Å². The Kier molecular flexibility index (Phi) is 63.7. The first-order valence-electron chi connectivity index (χ1n) is 33.7. The van der Waals surface area contributed by atoms with E-state index in [0.717, 1.165) is 122 Å². The summed E-state index contributed by atoms with van der Waals surface area (Å²) in [6.45, 7) is 6.44. The van der Waals surface area contributed by atoms with Crippen molar-refractivity contribution in [2.75, 3.05) is 13.2 Å². The first kappa shape index (κ1) is 75.3. The third-order valence-electron chi connectivity index (χ3n) is 14.6. The first-order valence-corrected chi connectivity index (χ1v) is 33.7. The van der Waals surface area contributed by atoms with Crippen molar-refractivity contribution in [1.82, 2.24) is 0 Å². The first-order chi connectivity index (χ1) is 39.0. The monoisotopic (exact) mass is 1100 g/mol. The average Bonchev–Trinajstić information content (AvgIpc) is 3.45. The Morgan fingerprint density at radius 3 is 0.772 bits per heavy atom. The zero-order chi connectivity index (χ0) is 57.1. The maximum absolute atomic E-state index is 12.9. The minimum Gasteiger partial charge on any atom is -0.462 e. The molecule has 79 heavy (non-hydrogen) atoms. The molecule has 0 radical (unpaired) electrons. The van der Waals surface area contributed by atoms with Crippen LogP contribution in [0.5, 0.6) is 0 Å². The molecule has 0 saturated heterocycles. The molecule has 6 nitrogen and oxygen atoms in total. The van der Waals surface area contributed by atoms with E-state index in [1.807, 2.05) is 0 Å². The van der Waals surface area contributed by atoms with Gasteiger partial charge in [0, 0.05) is 19.3 Å². The smallest absolute Gasteiger partial charge is 0.306 e. The minimum atomic E-state index is -0.785. The van der Waals surface area contributed by atoms with Gasteiger partial charge in [0.1, 0.15) is 13.2 Å². The normalized spacial score (nSPS) is 12.7. The van der Waals surface area contributed by atoms with Crippen LogP contribution in [-0.4, -0.2) is 37.2 Å². The average molecular weight is 1100 g/mol. The second-order valence-corrected chi connectivity index (χ2v) is 22.3. The summed E-state index contributed by atoms with van der Waals surface area (Å²) in [6.07, 6.45) is 89.9. The van der Waals surface area contributed by atoms with Gasteiger partial charge in [0.2, 0.25) is 0 Å². The van der Waals surface area contributed by atoms with Crippen LogP contribution in [0.2, 0.25) is 0 Å². The summed E-state index contributed by atoms with van der Waals surface area (Å²) >= 11 is 0. The number of esters is 3. The third kappa shape index (κ3) is 65.0. The Bertz CT molecular complexity index is 1540.